The second kappa shape index (κ2) is 12.6. The number of aromatic nitrogens is 3. The Morgan fingerprint density at radius 3 is 2.23 bits per heavy atom. The number of hydrogen-bond acceptors (Lipinski definition) is 11. The van der Waals surface area contributed by atoms with E-state index in [0.29, 0.717) is 48.5 Å². The van der Waals surface area contributed by atoms with E-state index in [1.807, 2.05) is 4.90 Å². The molecular weight excluding hydrogens is 670 g/mol. The highest BCUT2D eigenvalue weighted by atomic mass is 35.5. The number of thiophene rings is 1. The molecule has 2 amide bonds. The van der Waals surface area contributed by atoms with Gasteiger partial charge in [-0.05, 0) is 77.6 Å². The second-order valence-corrected chi connectivity index (χ2v) is 22.7. The van der Waals surface area contributed by atoms with Gasteiger partial charge in [-0.1, -0.05) is 19.6 Å². The lowest BCUT2D eigenvalue weighted by atomic mass is 9.74. The molecule has 0 unspecified atom stereocenters. The summed E-state index contributed by atoms with van der Waals surface area (Å²) in [7, 11) is -1.27. The molecule has 12 nitrogen and oxygen atoms in total. The number of fused-ring (bicyclic) bond motifs is 3. The van der Waals surface area contributed by atoms with Crippen molar-refractivity contribution in [1.29, 1.82) is 10.5 Å². The maximum absolute atomic E-state index is 13.4. The summed E-state index contributed by atoms with van der Waals surface area (Å²) in [5, 5.41) is 21.4. The summed E-state index contributed by atoms with van der Waals surface area (Å²) in [5.41, 5.74) is -0.182. The van der Waals surface area contributed by atoms with E-state index in [1.54, 1.807) is 52.3 Å². The first-order chi connectivity index (χ1) is 22.3. The molecule has 48 heavy (non-hydrogen) atoms. The Bertz CT molecular complexity index is 1820. The maximum Gasteiger partial charge on any atom is 0.425 e. The van der Waals surface area contributed by atoms with Crippen LogP contribution in [0.1, 0.15) is 69.5 Å². The van der Waals surface area contributed by atoms with Crippen LogP contribution in [0.25, 0.3) is 11.0 Å². The minimum atomic E-state index is -1.27. The van der Waals surface area contributed by atoms with E-state index >= 15 is 0 Å². The fourth-order valence-corrected chi connectivity index (χ4v) is 8.31. The predicted molar refractivity (Wildman–Crippen MR) is 188 cm³/mol. The predicted octanol–water partition coefficient (Wildman–Crippen LogP) is 7.58. The second-order valence-electron chi connectivity index (χ2n) is 15.6. The molecule has 0 saturated carbocycles. The van der Waals surface area contributed by atoms with Crippen molar-refractivity contribution in [3.05, 3.63) is 33.0 Å². The Labute approximate surface area is 291 Å². The van der Waals surface area contributed by atoms with Gasteiger partial charge in [0.05, 0.1) is 16.5 Å². The van der Waals surface area contributed by atoms with Crippen LogP contribution in [0.4, 0.5) is 20.4 Å². The van der Waals surface area contributed by atoms with Gasteiger partial charge in [0.2, 0.25) is 5.28 Å². The zero-order chi connectivity index (χ0) is 35.4. The van der Waals surface area contributed by atoms with E-state index in [0.717, 1.165) is 27.8 Å². The van der Waals surface area contributed by atoms with E-state index in [-0.39, 0.29) is 22.6 Å². The molecule has 3 aromatic heterocycles. The lowest BCUT2D eigenvalue weighted by molar-refractivity contribution is 0.0432. The van der Waals surface area contributed by atoms with Crippen LogP contribution in [0.3, 0.4) is 0 Å². The van der Waals surface area contributed by atoms with Crippen molar-refractivity contribution in [2.45, 2.75) is 103 Å². The molecule has 1 spiro atoms. The highest BCUT2D eigenvalue weighted by Crippen LogP contribution is 2.54. The third-order valence-electron chi connectivity index (χ3n) is 8.09. The van der Waals surface area contributed by atoms with Crippen LogP contribution in [-0.2, 0) is 32.8 Å². The number of hydrogen-bond donors (Lipinski definition) is 0. The lowest BCUT2D eigenvalue weighted by Gasteiger charge is -2.49. The van der Waals surface area contributed by atoms with Gasteiger partial charge >= 0.3 is 12.2 Å². The summed E-state index contributed by atoms with van der Waals surface area (Å²) in [5.74, 6) is 0.541. The molecule has 2 aliphatic rings. The molecule has 5 rings (SSSR count). The first-order valence-corrected chi connectivity index (χ1v) is 20.8. The molecule has 0 aromatic carbocycles. The first kappa shape index (κ1) is 35.6. The van der Waals surface area contributed by atoms with Crippen LogP contribution in [0.15, 0.2) is 6.20 Å². The molecule has 1 saturated heterocycles. The van der Waals surface area contributed by atoms with E-state index in [1.165, 1.54) is 11.3 Å². The molecule has 256 valence electrons. The first-order valence-electron chi connectivity index (χ1n) is 15.9. The third kappa shape index (κ3) is 7.17. The highest BCUT2D eigenvalue weighted by Gasteiger charge is 2.53. The highest BCUT2D eigenvalue weighted by molar-refractivity contribution is 7.17. The fourth-order valence-electron chi connectivity index (χ4n) is 6.04. The summed E-state index contributed by atoms with van der Waals surface area (Å²) in [6, 6.07) is 5.58. The van der Waals surface area contributed by atoms with E-state index in [2.05, 4.69) is 41.7 Å². The topological polar surface area (TPSA) is 147 Å². The molecule has 4 heterocycles. The summed E-state index contributed by atoms with van der Waals surface area (Å²) in [6.45, 7) is 18.9. The number of halogens is 1. The normalized spacial score (nSPS) is 15.5. The molecule has 1 fully saturated rings. The number of ether oxygens (including phenoxy) is 3. The van der Waals surface area contributed by atoms with Crippen LogP contribution < -0.4 is 9.80 Å². The van der Waals surface area contributed by atoms with Gasteiger partial charge in [-0.25, -0.2) is 9.59 Å². The average molecular weight is 712 g/mol. The van der Waals surface area contributed by atoms with Crippen molar-refractivity contribution in [3.8, 4) is 12.1 Å². The van der Waals surface area contributed by atoms with Crippen LogP contribution >= 0.6 is 22.9 Å². The Kier molecular flexibility index (Phi) is 9.38. The number of nitrogens with zero attached hydrogens (tertiary/aromatic N) is 7. The molecule has 3 aromatic rings. The number of imide groups is 1. The molecular formula is C33H42ClN7O5SSi. The molecule has 0 atom stereocenters. The van der Waals surface area contributed by atoms with Crippen molar-refractivity contribution in [1.82, 2.24) is 14.5 Å². The number of aryl methyl sites for hydroxylation is 1. The van der Waals surface area contributed by atoms with Gasteiger partial charge in [0, 0.05) is 44.3 Å². The van der Waals surface area contributed by atoms with Crippen LogP contribution in [-0.4, -0.2) is 65.7 Å². The molecule has 1 aliphatic carbocycles. The van der Waals surface area contributed by atoms with Gasteiger partial charge in [-0.2, -0.15) is 25.4 Å². The molecule has 15 heteroatoms. The number of rotatable bonds is 7. The summed E-state index contributed by atoms with van der Waals surface area (Å²) >= 11 is 7.69. The van der Waals surface area contributed by atoms with Gasteiger partial charge in [-0.15, -0.1) is 11.3 Å². The Morgan fingerprint density at radius 2 is 1.69 bits per heavy atom. The minimum Gasteiger partial charge on any atom is -0.443 e. The van der Waals surface area contributed by atoms with Crippen molar-refractivity contribution in [2.24, 2.45) is 0 Å². The number of amides is 2. The third-order valence-corrected chi connectivity index (χ3v) is 11.2. The summed E-state index contributed by atoms with van der Waals surface area (Å²) < 4.78 is 18.9. The van der Waals surface area contributed by atoms with Crippen LogP contribution in [0, 0.1) is 22.7 Å². The molecule has 0 N–H and O–H groups in total. The van der Waals surface area contributed by atoms with Crippen molar-refractivity contribution >= 4 is 65.1 Å². The Balaban J connectivity index is 1.47. The average Bonchev–Trinajstić information content (AvgIpc) is 3.57. The standard InChI is InChI=1S/C33H42ClN7O5SSi/c1-31(2,3)45-29(42)41(30(43)46-32(4,5)6)27-21(15-36)24-22(47-27)10-11-33(24)17-40(18-33)26-23-20(14-35)16-39(25(23)37-28(34)38-26)19-44-12-13-48(7,8)9/h16H,10-13,17-19H2,1-9H3. The Morgan fingerprint density at radius 1 is 1.06 bits per heavy atom. The number of nitriles is 2. The molecule has 0 radical (unpaired) electrons. The number of carbonyl (C=O) groups excluding carboxylic acids is 2. The quantitative estimate of drug-likeness (QED) is 0.136. The van der Waals surface area contributed by atoms with Crippen LogP contribution in [0.2, 0.25) is 31.0 Å². The Hall–Kier alpha value is -3.69. The van der Waals surface area contributed by atoms with E-state index in [4.69, 9.17) is 25.8 Å². The molecule has 0 bridgehead atoms. The maximum atomic E-state index is 13.4. The smallest absolute Gasteiger partial charge is 0.425 e. The van der Waals surface area contributed by atoms with Gasteiger partial charge in [0.25, 0.3) is 0 Å². The summed E-state index contributed by atoms with van der Waals surface area (Å²) in [4.78, 5) is 39.7. The SMILES string of the molecule is CC(C)(C)OC(=O)N(C(=O)OC(C)(C)C)c1sc2c(c1C#N)C1(CC2)CN(c2nc(Cl)nc3c2c(C#N)cn3COCC[Si](C)(C)C)C1. The van der Waals surface area contributed by atoms with Crippen molar-refractivity contribution in [2.75, 3.05) is 29.5 Å². The van der Waals surface area contributed by atoms with Crippen LogP contribution in [0.5, 0.6) is 0 Å². The lowest BCUT2D eigenvalue weighted by Crippen LogP contribution is -2.59. The minimum absolute atomic E-state index is 0.0531. The van der Waals surface area contributed by atoms with Crippen molar-refractivity contribution in [3.63, 3.8) is 0 Å². The van der Waals surface area contributed by atoms with E-state index in [9.17, 15) is 20.1 Å². The number of anilines is 2. The molecule has 1 aliphatic heterocycles. The van der Waals surface area contributed by atoms with E-state index < -0.39 is 36.9 Å². The zero-order valence-electron chi connectivity index (χ0n) is 29.0. The monoisotopic (exact) mass is 711 g/mol. The van der Waals surface area contributed by atoms with Gasteiger partial charge < -0.3 is 23.7 Å². The largest absolute Gasteiger partial charge is 0.443 e. The van der Waals surface area contributed by atoms with Crippen molar-refractivity contribution < 1.29 is 23.8 Å². The number of carbonyl (C=O) groups is 2. The zero-order valence-corrected chi connectivity index (χ0v) is 31.6. The fraction of sp³-hybridized carbons (Fsp3) is 0.576. The van der Waals surface area contributed by atoms with Gasteiger partial charge in [-0.3, -0.25) is 0 Å². The van der Waals surface area contributed by atoms with Gasteiger partial charge in [0.15, 0.2) is 0 Å². The van der Waals surface area contributed by atoms with Gasteiger partial charge in [0.1, 0.15) is 46.5 Å². The summed E-state index contributed by atoms with van der Waals surface area (Å²) in [6.07, 6.45) is 1.35.